The van der Waals surface area contributed by atoms with Crippen molar-refractivity contribution < 1.29 is 4.79 Å². The number of carbonyl (C=O) groups excluding carboxylic acids is 1. The van der Waals surface area contributed by atoms with Gasteiger partial charge < -0.3 is 10.6 Å². The summed E-state index contributed by atoms with van der Waals surface area (Å²) in [6.45, 7) is 3.90. The third-order valence-corrected chi connectivity index (χ3v) is 2.53. The maximum atomic E-state index is 8.58. The standard InChI is InChI=1S/C8H11ClN4.CH3NO/c1-6-7(9)11-12-8(10-6)13-4-2-3-5-13;2-1-3/h2-5H2,1H3;1H,(H2,2,3). The van der Waals surface area contributed by atoms with Crippen LogP contribution in [-0.4, -0.2) is 34.7 Å². The lowest BCUT2D eigenvalue weighted by Crippen LogP contribution is -2.21. The second kappa shape index (κ2) is 6.22. The van der Waals surface area contributed by atoms with Crippen LogP contribution in [0.1, 0.15) is 18.5 Å². The monoisotopic (exact) mass is 243 g/mol. The molecule has 1 saturated heterocycles. The molecule has 0 atom stereocenters. The molecule has 2 heterocycles. The minimum absolute atomic E-state index is 0.250. The van der Waals surface area contributed by atoms with Crippen LogP contribution in [0.15, 0.2) is 0 Å². The number of rotatable bonds is 1. The molecule has 0 aromatic carbocycles. The van der Waals surface area contributed by atoms with Crippen LogP contribution in [0.3, 0.4) is 0 Å². The van der Waals surface area contributed by atoms with Crippen molar-refractivity contribution in [2.45, 2.75) is 19.8 Å². The topological polar surface area (TPSA) is 85.0 Å². The molecule has 16 heavy (non-hydrogen) atoms. The van der Waals surface area contributed by atoms with E-state index < -0.39 is 0 Å². The van der Waals surface area contributed by atoms with Crippen molar-refractivity contribution in [1.82, 2.24) is 15.2 Å². The summed E-state index contributed by atoms with van der Waals surface area (Å²) in [5.41, 5.74) is 4.92. The van der Waals surface area contributed by atoms with Gasteiger partial charge in [0.2, 0.25) is 12.4 Å². The van der Waals surface area contributed by atoms with Gasteiger partial charge in [0.25, 0.3) is 0 Å². The fraction of sp³-hybridized carbons (Fsp3) is 0.556. The van der Waals surface area contributed by atoms with Crippen LogP contribution >= 0.6 is 11.6 Å². The fourth-order valence-corrected chi connectivity index (χ4v) is 1.51. The molecular weight excluding hydrogens is 230 g/mol. The summed E-state index contributed by atoms with van der Waals surface area (Å²) >= 11 is 5.73. The molecule has 0 spiro atoms. The zero-order valence-corrected chi connectivity index (χ0v) is 9.81. The summed E-state index contributed by atoms with van der Waals surface area (Å²) in [5, 5.41) is 8.18. The third-order valence-electron chi connectivity index (χ3n) is 2.18. The first-order chi connectivity index (χ1) is 7.69. The summed E-state index contributed by atoms with van der Waals surface area (Å²) in [5.74, 6) is 0.708. The van der Waals surface area contributed by atoms with Gasteiger partial charge in [-0.25, -0.2) is 4.98 Å². The molecule has 1 aromatic heterocycles. The van der Waals surface area contributed by atoms with Crippen molar-refractivity contribution in [2.24, 2.45) is 5.73 Å². The van der Waals surface area contributed by atoms with Gasteiger partial charge in [-0.1, -0.05) is 11.6 Å². The van der Waals surface area contributed by atoms with E-state index in [1.807, 2.05) is 6.92 Å². The highest BCUT2D eigenvalue weighted by Crippen LogP contribution is 2.16. The average molecular weight is 244 g/mol. The predicted molar refractivity (Wildman–Crippen MR) is 61.3 cm³/mol. The summed E-state index contributed by atoms with van der Waals surface area (Å²) < 4.78 is 0. The lowest BCUT2D eigenvalue weighted by atomic mass is 10.4. The molecule has 7 heteroatoms. The van der Waals surface area contributed by atoms with Crippen LogP contribution in [0, 0.1) is 6.92 Å². The molecule has 0 unspecified atom stereocenters. The smallest absolute Gasteiger partial charge is 0.245 e. The Balaban J connectivity index is 0.000000386. The van der Waals surface area contributed by atoms with Crippen LogP contribution in [0.5, 0.6) is 0 Å². The molecule has 0 aliphatic carbocycles. The number of nitrogens with zero attached hydrogens (tertiary/aromatic N) is 4. The second-order valence-electron chi connectivity index (χ2n) is 3.32. The summed E-state index contributed by atoms with van der Waals surface area (Å²) in [4.78, 5) is 15.0. The van der Waals surface area contributed by atoms with Gasteiger partial charge in [-0.15, -0.1) is 10.2 Å². The third kappa shape index (κ3) is 3.30. The Bertz CT molecular complexity index is 354. The first-order valence-corrected chi connectivity index (χ1v) is 5.34. The Morgan fingerprint density at radius 2 is 1.94 bits per heavy atom. The summed E-state index contributed by atoms with van der Waals surface area (Å²) in [6.07, 6.45) is 2.68. The van der Waals surface area contributed by atoms with E-state index in [2.05, 4.69) is 25.8 Å². The molecule has 1 fully saturated rings. The van der Waals surface area contributed by atoms with Crippen molar-refractivity contribution in [3.8, 4) is 0 Å². The largest absolute Gasteiger partial charge is 0.372 e. The van der Waals surface area contributed by atoms with Gasteiger partial charge in [0.15, 0.2) is 5.15 Å². The Hall–Kier alpha value is -1.43. The number of amides is 1. The molecule has 0 radical (unpaired) electrons. The molecular formula is C9H14ClN5O. The first kappa shape index (κ1) is 12.6. The van der Waals surface area contributed by atoms with Crippen molar-refractivity contribution in [3.63, 3.8) is 0 Å². The number of carbonyl (C=O) groups is 1. The number of halogens is 1. The molecule has 2 N–H and O–H groups in total. The molecule has 6 nitrogen and oxygen atoms in total. The van der Waals surface area contributed by atoms with Gasteiger partial charge in [0.1, 0.15) is 0 Å². The zero-order chi connectivity index (χ0) is 12.0. The Morgan fingerprint density at radius 1 is 1.38 bits per heavy atom. The highest BCUT2D eigenvalue weighted by molar-refractivity contribution is 6.29. The molecule has 0 saturated carbocycles. The molecule has 0 bridgehead atoms. The fourth-order valence-electron chi connectivity index (χ4n) is 1.43. The van der Waals surface area contributed by atoms with E-state index in [1.165, 1.54) is 12.8 Å². The number of aromatic nitrogens is 3. The van der Waals surface area contributed by atoms with Gasteiger partial charge in [-0.3, -0.25) is 4.79 Å². The van der Waals surface area contributed by atoms with Gasteiger partial charge in [-0.2, -0.15) is 0 Å². The summed E-state index contributed by atoms with van der Waals surface area (Å²) in [6, 6.07) is 0. The highest BCUT2D eigenvalue weighted by atomic mass is 35.5. The SMILES string of the molecule is Cc1nc(N2CCCC2)nnc1Cl.NC=O. The van der Waals surface area contributed by atoms with Crippen LogP contribution in [0.25, 0.3) is 0 Å². The van der Waals surface area contributed by atoms with E-state index in [1.54, 1.807) is 0 Å². The number of hydrogen-bond donors (Lipinski definition) is 1. The molecule has 1 amide bonds. The number of aryl methyl sites for hydroxylation is 1. The minimum Gasteiger partial charge on any atom is -0.372 e. The van der Waals surface area contributed by atoms with E-state index in [0.717, 1.165) is 18.8 Å². The molecule has 1 aliphatic heterocycles. The summed E-state index contributed by atoms with van der Waals surface area (Å²) in [7, 11) is 0. The van der Waals surface area contributed by atoms with Crippen molar-refractivity contribution in [1.29, 1.82) is 0 Å². The van der Waals surface area contributed by atoms with Crippen molar-refractivity contribution in [2.75, 3.05) is 18.0 Å². The normalized spacial score (nSPS) is 14.2. The Morgan fingerprint density at radius 3 is 2.44 bits per heavy atom. The first-order valence-electron chi connectivity index (χ1n) is 4.96. The molecule has 88 valence electrons. The lowest BCUT2D eigenvalue weighted by molar-refractivity contribution is -0.106. The number of hydrogen-bond acceptors (Lipinski definition) is 5. The quantitative estimate of drug-likeness (QED) is 0.728. The van der Waals surface area contributed by atoms with Crippen molar-refractivity contribution >= 4 is 24.0 Å². The van der Waals surface area contributed by atoms with Crippen LogP contribution in [0.2, 0.25) is 5.15 Å². The average Bonchev–Trinajstić information content (AvgIpc) is 2.76. The van der Waals surface area contributed by atoms with Gasteiger partial charge in [-0.05, 0) is 19.8 Å². The van der Waals surface area contributed by atoms with Crippen LogP contribution < -0.4 is 10.6 Å². The lowest BCUT2D eigenvalue weighted by Gasteiger charge is -2.13. The van der Waals surface area contributed by atoms with Crippen molar-refractivity contribution in [3.05, 3.63) is 10.8 Å². The Kier molecular flexibility index (Phi) is 4.91. The number of primary amides is 1. The zero-order valence-electron chi connectivity index (χ0n) is 9.06. The van der Waals surface area contributed by atoms with Gasteiger partial charge >= 0.3 is 0 Å². The number of nitrogens with two attached hydrogens (primary N) is 1. The minimum atomic E-state index is 0.250. The molecule has 2 rings (SSSR count). The van der Waals surface area contributed by atoms with Crippen LogP contribution in [-0.2, 0) is 4.79 Å². The number of anilines is 1. The van der Waals surface area contributed by atoms with E-state index in [0.29, 0.717) is 11.1 Å². The van der Waals surface area contributed by atoms with E-state index in [-0.39, 0.29) is 6.41 Å². The van der Waals surface area contributed by atoms with Gasteiger partial charge in [0.05, 0.1) is 5.69 Å². The van der Waals surface area contributed by atoms with E-state index in [9.17, 15) is 0 Å². The highest BCUT2D eigenvalue weighted by Gasteiger charge is 2.15. The van der Waals surface area contributed by atoms with Crippen LogP contribution in [0.4, 0.5) is 5.95 Å². The van der Waals surface area contributed by atoms with E-state index in [4.69, 9.17) is 16.4 Å². The maximum Gasteiger partial charge on any atom is 0.245 e. The maximum absolute atomic E-state index is 8.58. The second-order valence-corrected chi connectivity index (χ2v) is 3.68. The van der Waals surface area contributed by atoms with Gasteiger partial charge in [0, 0.05) is 13.1 Å². The van der Waals surface area contributed by atoms with E-state index >= 15 is 0 Å². The molecule has 1 aliphatic rings. The Labute approximate surface area is 98.8 Å². The molecule has 1 aromatic rings. The predicted octanol–water partition coefficient (Wildman–Crippen LogP) is 0.535.